The molecule has 2 aliphatic rings. The maximum absolute atomic E-state index is 3.47. The summed E-state index contributed by atoms with van der Waals surface area (Å²) in [5.74, 6) is 0.889. The van der Waals surface area contributed by atoms with Crippen LogP contribution >= 0.6 is 0 Å². The lowest BCUT2D eigenvalue weighted by Gasteiger charge is -2.43. The van der Waals surface area contributed by atoms with Crippen molar-refractivity contribution in [3.63, 3.8) is 0 Å². The van der Waals surface area contributed by atoms with Crippen LogP contribution in [0, 0.1) is 19.8 Å². The predicted octanol–water partition coefficient (Wildman–Crippen LogP) is 3.05. The summed E-state index contributed by atoms with van der Waals surface area (Å²) in [6.45, 7) is 9.15. The summed E-state index contributed by atoms with van der Waals surface area (Å²) in [7, 11) is 0. The molecule has 19 heavy (non-hydrogen) atoms. The number of rotatable bonds is 3. The molecule has 0 bridgehead atoms. The van der Waals surface area contributed by atoms with Gasteiger partial charge < -0.3 is 5.32 Å². The molecule has 1 aliphatic heterocycles. The van der Waals surface area contributed by atoms with E-state index in [0.29, 0.717) is 6.04 Å². The number of nitrogens with one attached hydrogen (secondary N) is 1. The van der Waals surface area contributed by atoms with Crippen molar-refractivity contribution < 1.29 is 0 Å². The van der Waals surface area contributed by atoms with Gasteiger partial charge in [0.05, 0.1) is 0 Å². The topological polar surface area (TPSA) is 15.3 Å². The van der Waals surface area contributed by atoms with Crippen LogP contribution in [-0.2, 0) is 0 Å². The third kappa shape index (κ3) is 2.70. The summed E-state index contributed by atoms with van der Waals surface area (Å²) in [6.07, 6.45) is 4.27. The molecule has 0 aromatic heterocycles. The lowest BCUT2D eigenvalue weighted by Crippen LogP contribution is -2.47. The molecule has 2 nitrogen and oxygen atoms in total. The highest BCUT2D eigenvalue weighted by molar-refractivity contribution is 5.32. The first kappa shape index (κ1) is 13.1. The summed E-state index contributed by atoms with van der Waals surface area (Å²) in [6, 6.07) is 7.77. The molecule has 0 radical (unpaired) electrons. The van der Waals surface area contributed by atoms with Crippen LogP contribution in [0.4, 0.5) is 0 Å². The lowest BCUT2D eigenvalue weighted by atomic mass is 9.76. The Hall–Kier alpha value is -0.860. The molecule has 0 unspecified atom stereocenters. The summed E-state index contributed by atoms with van der Waals surface area (Å²) in [5.41, 5.74) is 4.41. The highest BCUT2D eigenvalue weighted by atomic mass is 15.2. The van der Waals surface area contributed by atoms with Crippen LogP contribution in [0.5, 0.6) is 0 Å². The quantitative estimate of drug-likeness (QED) is 0.896. The van der Waals surface area contributed by atoms with Gasteiger partial charge in [0.15, 0.2) is 0 Å². The van der Waals surface area contributed by atoms with Crippen LogP contribution in [0.15, 0.2) is 18.2 Å². The van der Waals surface area contributed by atoms with Gasteiger partial charge in [0.2, 0.25) is 0 Å². The SMILES string of the molecule is Cc1ccc([C@H](C2CCC2)N2CCNCC2)cc1C. The Morgan fingerprint density at radius 3 is 2.42 bits per heavy atom. The minimum absolute atomic E-state index is 0.662. The zero-order chi connectivity index (χ0) is 13.2. The number of piperazine rings is 1. The first-order valence-electron chi connectivity index (χ1n) is 7.77. The Morgan fingerprint density at radius 1 is 1.11 bits per heavy atom. The van der Waals surface area contributed by atoms with E-state index in [0.717, 1.165) is 19.0 Å². The predicted molar refractivity (Wildman–Crippen MR) is 80.4 cm³/mol. The zero-order valence-corrected chi connectivity index (χ0v) is 12.3. The molecule has 3 rings (SSSR count). The smallest absolute Gasteiger partial charge is 0.0377 e. The molecular weight excluding hydrogens is 232 g/mol. The third-order valence-corrected chi connectivity index (χ3v) is 5.01. The van der Waals surface area contributed by atoms with Gasteiger partial charge in [0.1, 0.15) is 0 Å². The lowest BCUT2D eigenvalue weighted by molar-refractivity contribution is 0.0837. The second kappa shape index (κ2) is 5.64. The zero-order valence-electron chi connectivity index (χ0n) is 12.3. The molecule has 1 atom stereocenters. The van der Waals surface area contributed by atoms with E-state index in [9.17, 15) is 0 Å². The average molecular weight is 258 g/mol. The number of nitrogens with zero attached hydrogens (tertiary/aromatic N) is 1. The van der Waals surface area contributed by atoms with Gasteiger partial charge in [-0.3, -0.25) is 4.90 Å². The first-order chi connectivity index (χ1) is 9.25. The molecule has 0 amide bonds. The molecule has 2 heteroatoms. The molecule has 1 aliphatic carbocycles. The molecule has 1 N–H and O–H groups in total. The van der Waals surface area contributed by atoms with Crippen molar-refractivity contribution >= 4 is 0 Å². The summed E-state index contributed by atoms with van der Waals surface area (Å²) < 4.78 is 0. The third-order valence-electron chi connectivity index (χ3n) is 5.01. The van der Waals surface area contributed by atoms with Crippen molar-refractivity contribution in [3.8, 4) is 0 Å². The van der Waals surface area contributed by atoms with E-state index in [4.69, 9.17) is 0 Å². The van der Waals surface area contributed by atoms with Gasteiger partial charge in [-0.1, -0.05) is 24.6 Å². The van der Waals surface area contributed by atoms with Crippen molar-refractivity contribution in [2.45, 2.75) is 39.2 Å². The van der Waals surface area contributed by atoms with E-state index in [2.05, 4.69) is 42.3 Å². The van der Waals surface area contributed by atoms with Crippen molar-refractivity contribution in [1.29, 1.82) is 0 Å². The molecule has 1 heterocycles. The molecule has 1 saturated carbocycles. The first-order valence-corrected chi connectivity index (χ1v) is 7.77. The molecule has 0 spiro atoms. The fourth-order valence-corrected chi connectivity index (χ4v) is 3.45. The molecule has 1 aromatic carbocycles. The van der Waals surface area contributed by atoms with Gasteiger partial charge in [-0.15, -0.1) is 0 Å². The van der Waals surface area contributed by atoms with E-state index in [1.54, 1.807) is 5.56 Å². The monoisotopic (exact) mass is 258 g/mol. The van der Waals surface area contributed by atoms with Crippen LogP contribution in [0.1, 0.15) is 42.0 Å². The van der Waals surface area contributed by atoms with Gasteiger partial charge >= 0.3 is 0 Å². The van der Waals surface area contributed by atoms with E-state index in [1.807, 2.05) is 0 Å². The van der Waals surface area contributed by atoms with E-state index in [1.165, 1.54) is 43.5 Å². The molecule has 1 saturated heterocycles. The number of aryl methyl sites for hydroxylation is 2. The van der Waals surface area contributed by atoms with Crippen molar-refractivity contribution in [1.82, 2.24) is 10.2 Å². The van der Waals surface area contributed by atoms with Gasteiger partial charge in [-0.2, -0.15) is 0 Å². The normalized spacial score (nSPS) is 23.1. The van der Waals surface area contributed by atoms with Crippen LogP contribution < -0.4 is 5.32 Å². The molecule has 2 fully saturated rings. The highest BCUT2D eigenvalue weighted by Gasteiger charge is 2.33. The minimum atomic E-state index is 0.662. The van der Waals surface area contributed by atoms with Crippen LogP contribution in [0.3, 0.4) is 0 Å². The van der Waals surface area contributed by atoms with E-state index < -0.39 is 0 Å². The Balaban J connectivity index is 1.86. The largest absolute Gasteiger partial charge is 0.314 e. The second-order valence-corrected chi connectivity index (χ2v) is 6.27. The number of hydrogen-bond donors (Lipinski definition) is 1. The van der Waals surface area contributed by atoms with E-state index >= 15 is 0 Å². The van der Waals surface area contributed by atoms with Crippen molar-refractivity contribution in [2.75, 3.05) is 26.2 Å². The maximum Gasteiger partial charge on any atom is 0.0377 e. The van der Waals surface area contributed by atoms with Crippen molar-refractivity contribution in [3.05, 3.63) is 34.9 Å². The Bertz CT molecular complexity index is 431. The second-order valence-electron chi connectivity index (χ2n) is 6.27. The summed E-state index contributed by atoms with van der Waals surface area (Å²) >= 11 is 0. The van der Waals surface area contributed by atoms with Gasteiger partial charge in [0.25, 0.3) is 0 Å². The molecule has 1 aromatic rings. The molecule has 104 valence electrons. The summed E-state index contributed by atoms with van der Waals surface area (Å²) in [5, 5.41) is 3.47. The maximum atomic E-state index is 3.47. The summed E-state index contributed by atoms with van der Waals surface area (Å²) in [4.78, 5) is 2.71. The minimum Gasteiger partial charge on any atom is -0.314 e. The van der Waals surface area contributed by atoms with Crippen LogP contribution in [0.25, 0.3) is 0 Å². The average Bonchev–Trinajstić information content (AvgIpc) is 2.38. The van der Waals surface area contributed by atoms with E-state index in [-0.39, 0.29) is 0 Å². The Morgan fingerprint density at radius 2 is 1.84 bits per heavy atom. The van der Waals surface area contributed by atoms with Crippen LogP contribution in [0.2, 0.25) is 0 Å². The van der Waals surface area contributed by atoms with Gasteiger partial charge in [0, 0.05) is 32.2 Å². The van der Waals surface area contributed by atoms with Gasteiger partial charge in [-0.25, -0.2) is 0 Å². The standard InChI is InChI=1S/C17H26N2/c1-13-6-7-16(12-14(13)2)17(15-4-3-5-15)19-10-8-18-9-11-19/h6-7,12,15,17-18H,3-5,8-11H2,1-2H3/t17-/m0/s1. The van der Waals surface area contributed by atoms with Crippen molar-refractivity contribution in [2.24, 2.45) is 5.92 Å². The molecular formula is C17H26N2. The van der Waals surface area contributed by atoms with Gasteiger partial charge in [-0.05, 0) is 49.3 Å². The Labute approximate surface area is 117 Å². The number of hydrogen-bond acceptors (Lipinski definition) is 2. The van der Waals surface area contributed by atoms with Crippen LogP contribution in [-0.4, -0.2) is 31.1 Å². The fourth-order valence-electron chi connectivity index (χ4n) is 3.45. The highest BCUT2D eigenvalue weighted by Crippen LogP contribution is 2.41. The fraction of sp³-hybridized carbons (Fsp3) is 0.647. The number of benzene rings is 1. The Kier molecular flexibility index (Phi) is 3.90.